The van der Waals surface area contributed by atoms with Crippen LogP contribution in [0.2, 0.25) is 0 Å². The fraction of sp³-hybridized carbons (Fsp3) is 0.619. The van der Waals surface area contributed by atoms with E-state index in [4.69, 9.17) is 9.47 Å². The van der Waals surface area contributed by atoms with Crippen molar-refractivity contribution in [1.29, 1.82) is 0 Å². The Labute approximate surface area is 187 Å². The van der Waals surface area contributed by atoms with Gasteiger partial charge in [0.1, 0.15) is 23.7 Å². The van der Waals surface area contributed by atoms with Gasteiger partial charge in [-0.3, -0.25) is 9.36 Å². The van der Waals surface area contributed by atoms with E-state index in [0.29, 0.717) is 32.3 Å². The second-order valence-corrected chi connectivity index (χ2v) is 8.08. The quantitative estimate of drug-likeness (QED) is 0.437. The number of nitrogens with one attached hydrogen (secondary N) is 1. The highest BCUT2D eigenvalue weighted by molar-refractivity contribution is 5.80. The van der Waals surface area contributed by atoms with Gasteiger partial charge in [0.05, 0.1) is 12.7 Å². The molecule has 3 rings (SSSR count). The third-order valence-corrected chi connectivity index (χ3v) is 5.34. The molecule has 0 spiro atoms. The van der Waals surface area contributed by atoms with Crippen LogP contribution in [0.3, 0.4) is 0 Å². The molecular weight excluding hydrogens is 453 g/mol. The lowest BCUT2D eigenvalue weighted by atomic mass is 9.95. The predicted molar refractivity (Wildman–Crippen MR) is 108 cm³/mol. The summed E-state index contributed by atoms with van der Waals surface area (Å²) in [6, 6.07) is -0.243. The lowest BCUT2D eigenvalue weighted by molar-refractivity contribution is -0.120. The Bertz CT molecular complexity index is 992. The van der Waals surface area contributed by atoms with Crippen LogP contribution in [-0.4, -0.2) is 53.3 Å². The maximum absolute atomic E-state index is 14.8. The van der Waals surface area contributed by atoms with Crippen molar-refractivity contribution in [1.82, 2.24) is 14.9 Å². The molecule has 2 aromatic rings. The zero-order valence-electron chi connectivity index (χ0n) is 18.5. The molecule has 1 fully saturated rings. The van der Waals surface area contributed by atoms with Gasteiger partial charge in [-0.05, 0) is 32.6 Å². The molecule has 0 bridgehead atoms. The summed E-state index contributed by atoms with van der Waals surface area (Å²) < 4.78 is 85.3. The summed E-state index contributed by atoms with van der Waals surface area (Å²) in [6.07, 6.45) is -0.789. The maximum atomic E-state index is 14.8. The number of aryl methyl sites for hydroxylation is 1. The monoisotopic (exact) mass is 479 g/mol. The molecule has 1 heterocycles. The third kappa shape index (κ3) is 5.84. The van der Waals surface area contributed by atoms with Gasteiger partial charge in [-0.2, -0.15) is 9.37 Å². The molecule has 1 N–H and O–H groups in total. The second-order valence-electron chi connectivity index (χ2n) is 8.08. The summed E-state index contributed by atoms with van der Waals surface area (Å²) in [7, 11) is 1.35. The van der Waals surface area contributed by atoms with E-state index in [-0.39, 0.29) is 30.2 Å². The molecule has 1 atom stereocenters. The first-order chi connectivity index (χ1) is 15.6. The Morgan fingerprint density at radius 3 is 2.33 bits per heavy atom. The summed E-state index contributed by atoms with van der Waals surface area (Å²) in [5.74, 6) is -5.92. The zero-order chi connectivity index (χ0) is 24.3. The van der Waals surface area contributed by atoms with Gasteiger partial charge in [0.15, 0.2) is 17.4 Å². The standard InChI is InChI=1S/C21H26F5N3O4/c1-10(27-11(2)30)8-31-12-4-6-13(7-5-12)33-21-28-18-15(24)16(25)20(32-9-14(22)23)17(26)19(18)29(21)3/h10,12-14H,4-9H2,1-3H3,(H,27,30)/t10-,12?,13?/m0/s1. The van der Waals surface area contributed by atoms with Gasteiger partial charge in [0, 0.05) is 20.0 Å². The van der Waals surface area contributed by atoms with Gasteiger partial charge in [-0.25, -0.2) is 17.6 Å². The number of nitrogens with zero attached hydrogens (tertiary/aromatic N) is 2. The molecule has 1 saturated carbocycles. The first-order valence-electron chi connectivity index (χ1n) is 10.6. The van der Waals surface area contributed by atoms with Crippen LogP contribution in [0.5, 0.6) is 11.8 Å². The largest absolute Gasteiger partial charge is 0.481 e. The normalized spacial score (nSPS) is 19.7. The molecule has 1 aliphatic carbocycles. The van der Waals surface area contributed by atoms with Gasteiger partial charge >= 0.3 is 0 Å². The van der Waals surface area contributed by atoms with E-state index in [1.54, 1.807) is 0 Å². The van der Waals surface area contributed by atoms with Crippen molar-refractivity contribution in [3.8, 4) is 11.8 Å². The molecule has 33 heavy (non-hydrogen) atoms. The van der Waals surface area contributed by atoms with Gasteiger partial charge in [-0.15, -0.1) is 0 Å². The van der Waals surface area contributed by atoms with Crippen LogP contribution in [0.4, 0.5) is 22.0 Å². The fourth-order valence-corrected chi connectivity index (χ4v) is 3.80. The van der Waals surface area contributed by atoms with Crippen molar-refractivity contribution < 1.29 is 41.0 Å². The number of carbonyl (C=O) groups is 1. The fourth-order valence-electron chi connectivity index (χ4n) is 3.80. The Kier molecular flexibility index (Phi) is 7.98. The maximum Gasteiger partial charge on any atom is 0.297 e. The number of aromatic nitrogens is 2. The molecule has 12 heteroatoms. The molecule has 1 aliphatic rings. The van der Waals surface area contributed by atoms with Crippen LogP contribution in [0.15, 0.2) is 0 Å². The number of ether oxygens (including phenoxy) is 3. The van der Waals surface area contributed by atoms with Crippen molar-refractivity contribution >= 4 is 16.9 Å². The number of halogens is 5. The highest BCUT2D eigenvalue weighted by atomic mass is 19.3. The average molecular weight is 479 g/mol. The van der Waals surface area contributed by atoms with Gasteiger partial charge in [0.25, 0.3) is 12.4 Å². The van der Waals surface area contributed by atoms with Gasteiger partial charge in [0.2, 0.25) is 11.7 Å². The molecule has 184 valence electrons. The van der Waals surface area contributed by atoms with Crippen LogP contribution >= 0.6 is 0 Å². The molecule has 0 aliphatic heterocycles. The number of benzene rings is 1. The minimum Gasteiger partial charge on any atom is -0.481 e. The van der Waals surface area contributed by atoms with E-state index in [2.05, 4.69) is 15.0 Å². The number of carbonyl (C=O) groups excluding carboxylic acids is 1. The molecule has 1 aromatic heterocycles. The Morgan fingerprint density at radius 2 is 1.73 bits per heavy atom. The lowest BCUT2D eigenvalue weighted by Gasteiger charge is -2.29. The Balaban J connectivity index is 1.67. The molecule has 0 radical (unpaired) electrons. The van der Waals surface area contributed by atoms with Crippen LogP contribution < -0.4 is 14.8 Å². The summed E-state index contributed by atoms with van der Waals surface area (Å²) >= 11 is 0. The number of fused-ring (bicyclic) bond motifs is 1. The number of amides is 1. The number of hydrogen-bond acceptors (Lipinski definition) is 5. The SMILES string of the molecule is CC(=O)N[C@@H](C)COC1CCC(Oc2nc3c(F)c(F)c(OCC(F)F)c(F)c3n2C)CC1. The molecular formula is C21H26F5N3O4. The smallest absolute Gasteiger partial charge is 0.297 e. The van der Waals surface area contributed by atoms with Crippen molar-refractivity contribution in [2.75, 3.05) is 13.2 Å². The minimum atomic E-state index is -2.99. The van der Waals surface area contributed by atoms with Crippen molar-refractivity contribution in [3.05, 3.63) is 17.5 Å². The van der Waals surface area contributed by atoms with Crippen molar-refractivity contribution in [3.63, 3.8) is 0 Å². The van der Waals surface area contributed by atoms with Crippen LogP contribution in [0.25, 0.3) is 11.0 Å². The van der Waals surface area contributed by atoms with E-state index in [9.17, 15) is 26.7 Å². The third-order valence-electron chi connectivity index (χ3n) is 5.34. The molecule has 1 amide bonds. The number of alkyl halides is 2. The zero-order valence-corrected chi connectivity index (χ0v) is 18.5. The van der Waals surface area contributed by atoms with E-state index >= 15 is 0 Å². The number of rotatable bonds is 9. The summed E-state index contributed by atoms with van der Waals surface area (Å²) in [6.45, 7) is 2.37. The van der Waals surface area contributed by atoms with Gasteiger partial charge < -0.3 is 19.5 Å². The number of hydrogen-bond donors (Lipinski definition) is 1. The molecule has 7 nitrogen and oxygen atoms in total. The topological polar surface area (TPSA) is 74.6 Å². The number of imidazole rings is 1. The molecule has 0 unspecified atom stereocenters. The first-order valence-corrected chi connectivity index (χ1v) is 10.6. The highest BCUT2D eigenvalue weighted by Crippen LogP contribution is 2.35. The molecule has 1 aromatic carbocycles. The van der Waals surface area contributed by atoms with E-state index in [0.717, 1.165) is 4.57 Å². The van der Waals surface area contributed by atoms with E-state index in [1.165, 1.54) is 14.0 Å². The van der Waals surface area contributed by atoms with Crippen molar-refractivity contribution in [2.24, 2.45) is 7.05 Å². The average Bonchev–Trinajstić information content (AvgIpc) is 3.07. The van der Waals surface area contributed by atoms with Crippen molar-refractivity contribution in [2.45, 2.75) is 64.2 Å². The van der Waals surface area contributed by atoms with Crippen LogP contribution in [-0.2, 0) is 16.6 Å². The van der Waals surface area contributed by atoms with E-state index in [1.807, 2.05) is 6.92 Å². The van der Waals surface area contributed by atoms with E-state index < -0.39 is 47.3 Å². The second kappa shape index (κ2) is 10.5. The van der Waals surface area contributed by atoms with Gasteiger partial charge in [-0.1, -0.05) is 0 Å². The first kappa shape index (κ1) is 25.0. The predicted octanol–water partition coefficient (Wildman–Crippen LogP) is 3.87. The van der Waals surface area contributed by atoms with Crippen LogP contribution in [0, 0.1) is 17.5 Å². The Hall–Kier alpha value is -2.63. The summed E-state index contributed by atoms with van der Waals surface area (Å²) in [5, 5.41) is 2.74. The highest BCUT2D eigenvalue weighted by Gasteiger charge is 2.30. The van der Waals surface area contributed by atoms with Crippen LogP contribution in [0.1, 0.15) is 39.5 Å². The Morgan fingerprint density at radius 1 is 1.09 bits per heavy atom. The summed E-state index contributed by atoms with van der Waals surface area (Å²) in [4.78, 5) is 14.9. The lowest BCUT2D eigenvalue weighted by Crippen LogP contribution is -2.37. The molecule has 0 saturated heterocycles. The summed E-state index contributed by atoms with van der Waals surface area (Å²) in [5.41, 5.74) is -1.06. The minimum absolute atomic E-state index is 0.0139.